The van der Waals surface area contributed by atoms with E-state index in [2.05, 4.69) is 5.32 Å². The number of carbonyl (C=O) groups is 2. The molecule has 0 fully saturated rings. The van der Waals surface area contributed by atoms with E-state index in [4.69, 9.17) is 13.0 Å². The van der Waals surface area contributed by atoms with Gasteiger partial charge < -0.3 is 10.4 Å². The molecule has 0 bridgehead atoms. The minimum absolute atomic E-state index is 0.0620. The molecule has 7 heteroatoms. The fraction of sp³-hybridized carbons (Fsp3) is 0.0833. The zero-order chi connectivity index (χ0) is 14.0. The summed E-state index contributed by atoms with van der Waals surface area (Å²) in [6.45, 7) is 0.193. The molecule has 2 radical (unpaired) electrons. The van der Waals surface area contributed by atoms with Crippen molar-refractivity contribution in [3.8, 4) is 0 Å². The average Bonchev–Trinajstić information content (AvgIpc) is 2.36. The Kier molecular flexibility index (Phi) is 3.37. The van der Waals surface area contributed by atoms with E-state index in [0.717, 1.165) is 6.07 Å². The second-order valence-corrected chi connectivity index (χ2v) is 3.94. The number of hydrogen-bond donors (Lipinski definition) is 2. The zero-order valence-corrected chi connectivity index (χ0v) is 9.79. The number of carboxylic acids is 1. The fourth-order valence-corrected chi connectivity index (χ4v) is 1.69. The van der Waals surface area contributed by atoms with Crippen molar-refractivity contribution in [2.45, 2.75) is 6.54 Å². The molecular formula is C12H9BN2O4. The summed E-state index contributed by atoms with van der Waals surface area (Å²) in [6.07, 6.45) is 1.53. The van der Waals surface area contributed by atoms with Crippen molar-refractivity contribution in [1.29, 1.82) is 0 Å². The number of aromatic carboxylic acids is 1. The Balaban J connectivity index is 2.46. The molecular weight excluding hydrogens is 247 g/mol. The Labute approximate surface area is 109 Å². The Bertz CT molecular complexity index is 723. The van der Waals surface area contributed by atoms with Crippen LogP contribution in [0.4, 0.5) is 4.79 Å². The molecule has 2 heterocycles. The molecule has 0 aromatic carbocycles. The summed E-state index contributed by atoms with van der Waals surface area (Å²) in [4.78, 5) is 33.2. The molecule has 0 saturated heterocycles. The Morgan fingerprint density at radius 3 is 2.68 bits per heavy atom. The highest BCUT2D eigenvalue weighted by molar-refractivity contribution is 6.57. The number of aromatic nitrogens is 1. The molecule has 1 amide bonds. The number of fused-ring (bicyclic) bond motifs is 1. The van der Waals surface area contributed by atoms with Crippen molar-refractivity contribution < 1.29 is 14.7 Å². The molecule has 2 rings (SSSR count). The van der Waals surface area contributed by atoms with Gasteiger partial charge in [0.05, 0.1) is 5.56 Å². The topological polar surface area (TPSA) is 87.9 Å². The molecule has 19 heavy (non-hydrogen) atoms. The van der Waals surface area contributed by atoms with Crippen LogP contribution in [0.2, 0.25) is 0 Å². The van der Waals surface area contributed by atoms with Crippen LogP contribution < -0.4 is 10.9 Å². The molecule has 0 aliphatic heterocycles. The second kappa shape index (κ2) is 4.97. The SMILES string of the molecule is [B]C(=O)NCc1ccc2cc(C(=O)O)cc(=O)n2c1. The van der Waals surface area contributed by atoms with Crippen LogP contribution in [0.25, 0.3) is 5.52 Å². The summed E-state index contributed by atoms with van der Waals surface area (Å²) in [5, 5.41) is 11.3. The van der Waals surface area contributed by atoms with E-state index in [9.17, 15) is 14.4 Å². The lowest BCUT2D eigenvalue weighted by atomic mass is 10.1. The molecule has 2 aromatic rings. The lowest BCUT2D eigenvalue weighted by Gasteiger charge is -2.06. The maximum atomic E-state index is 11.8. The first-order chi connectivity index (χ1) is 8.97. The van der Waals surface area contributed by atoms with Crippen LogP contribution in [0, 0.1) is 0 Å². The second-order valence-electron chi connectivity index (χ2n) is 3.94. The van der Waals surface area contributed by atoms with E-state index in [1.165, 1.54) is 16.7 Å². The van der Waals surface area contributed by atoms with E-state index < -0.39 is 17.3 Å². The van der Waals surface area contributed by atoms with Crippen LogP contribution in [0.3, 0.4) is 0 Å². The summed E-state index contributed by atoms with van der Waals surface area (Å²) >= 11 is 0. The lowest BCUT2D eigenvalue weighted by molar-refractivity contribution is 0.0696. The van der Waals surface area contributed by atoms with Gasteiger partial charge in [0.15, 0.2) is 5.81 Å². The van der Waals surface area contributed by atoms with Crippen molar-refractivity contribution in [3.05, 3.63) is 51.9 Å². The van der Waals surface area contributed by atoms with Crippen LogP contribution in [0.1, 0.15) is 15.9 Å². The standard InChI is InChI=1S/C12H9BN2O4/c13-12(19)14-5-7-1-2-9-3-8(11(17)18)4-10(16)15(9)6-7/h1-4,6H,5H2,(H,14,19)(H,17,18). The zero-order valence-electron chi connectivity index (χ0n) is 9.79. The van der Waals surface area contributed by atoms with Gasteiger partial charge in [-0.25, -0.2) is 4.79 Å². The molecule has 0 spiro atoms. The number of pyridine rings is 2. The van der Waals surface area contributed by atoms with E-state index in [1.807, 2.05) is 0 Å². The van der Waals surface area contributed by atoms with Crippen LogP contribution in [0.15, 0.2) is 35.3 Å². The third-order valence-electron chi connectivity index (χ3n) is 2.57. The third kappa shape index (κ3) is 2.82. The quantitative estimate of drug-likeness (QED) is 0.777. The van der Waals surface area contributed by atoms with Crippen molar-refractivity contribution >= 4 is 25.1 Å². The first-order valence-corrected chi connectivity index (χ1v) is 5.39. The van der Waals surface area contributed by atoms with Gasteiger partial charge in [0.2, 0.25) is 7.85 Å². The van der Waals surface area contributed by atoms with Gasteiger partial charge in [-0.2, -0.15) is 0 Å². The molecule has 6 nitrogen and oxygen atoms in total. The molecule has 94 valence electrons. The first-order valence-electron chi connectivity index (χ1n) is 5.39. The van der Waals surface area contributed by atoms with Gasteiger partial charge in [0.1, 0.15) is 0 Å². The summed E-state index contributed by atoms with van der Waals surface area (Å²) in [7, 11) is 4.95. The smallest absolute Gasteiger partial charge is 0.335 e. The molecule has 2 N–H and O–H groups in total. The summed E-state index contributed by atoms with van der Waals surface area (Å²) < 4.78 is 1.31. The van der Waals surface area contributed by atoms with Gasteiger partial charge in [0.25, 0.3) is 5.56 Å². The lowest BCUT2D eigenvalue weighted by Crippen LogP contribution is -2.22. The average molecular weight is 256 g/mol. The van der Waals surface area contributed by atoms with E-state index >= 15 is 0 Å². The summed E-state index contributed by atoms with van der Waals surface area (Å²) in [5.41, 5.74) is 0.632. The number of nitrogens with one attached hydrogen (secondary N) is 1. The van der Waals surface area contributed by atoms with Crippen LogP contribution in [0.5, 0.6) is 0 Å². The number of carbonyl (C=O) groups excluding carboxylic acids is 1. The first kappa shape index (κ1) is 12.9. The van der Waals surface area contributed by atoms with E-state index in [-0.39, 0.29) is 12.1 Å². The van der Waals surface area contributed by atoms with Gasteiger partial charge in [-0.1, -0.05) is 6.07 Å². The number of nitrogens with zero attached hydrogens (tertiary/aromatic N) is 1. The largest absolute Gasteiger partial charge is 0.478 e. The molecule has 2 aromatic heterocycles. The van der Waals surface area contributed by atoms with Gasteiger partial charge in [-0.15, -0.1) is 0 Å². The highest BCUT2D eigenvalue weighted by Gasteiger charge is 2.07. The van der Waals surface area contributed by atoms with Gasteiger partial charge in [-0.3, -0.25) is 14.0 Å². The predicted octanol–water partition coefficient (Wildman–Crippen LogP) is 0.376. The van der Waals surface area contributed by atoms with Crippen molar-refractivity contribution in [2.24, 2.45) is 0 Å². The number of hydrogen-bond acceptors (Lipinski definition) is 3. The molecule has 0 atom stereocenters. The highest BCUT2D eigenvalue weighted by Crippen LogP contribution is 2.07. The maximum absolute atomic E-state index is 11.8. The molecule has 0 unspecified atom stereocenters. The van der Waals surface area contributed by atoms with Gasteiger partial charge in [0, 0.05) is 24.3 Å². The Hall–Kier alpha value is -2.57. The van der Waals surface area contributed by atoms with Crippen LogP contribution >= 0.6 is 0 Å². The van der Waals surface area contributed by atoms with E-state index in [0.29, 0.717) is 11.1 Å². The van der Waals surface area contributed by atoms with E-state index in [1.54, 1.807) is 12.1 Å². The van der Waals surface area contributed by atoms with Crippen molar-refractivity contribution in [1.82, 2.24) is 9.72 Å². The normalized spacial score (nSPS) is 10.3. The van der Waals surface area contributed by atoms with Crippen LogP contribution in [-0.4, -0.2) is 29.1 Å². The minimum Gasteiger partial charge on any atom is -0.478 e. The fourth-order valence-electron chi connectivity index (χ4n) is 1.69. The predicted molar refractivity (Wildman–Crippen MR) is 68.6 cm³/mol. The highest BCUT2D eigenvalue weighted by atomic mass is 16.4. The summed E-state index contributed by atoms with van der Waals surface area (Å²) in [6, 6.07) is 5.72. The Morgan fingerprint density at radius 2 is 2.05 bits per heavy atom. The van der Waals surface area contributed by atoms with Crippen molar-refractivity contribution in [2.75, 3.05) is 0 Å². The molecule has 0 aliphatic carbocycles. The molecule has 0 aliphatic rings. The van der Waals surface area contributed by atoms with Gasteiger partial charge in [-0.05, 0) is 17.7 Å². The Morgan fingerprint density at radius 1 is 1.32 bits per heavy atom. The summed E-state index contributed by atoms with van der Waals surface area (Å²) in [5.74, 6) is -1.81. The number of carboxylic acid groups (broad SMARTS) is 1. The van der Waals surface area contributed by atoms with Crippen molar-refractivity contribution in [3.63, 3.8) is 0 Å². The van der Waals surface area contributed by atoms with Crippen LogP contribution in [-0.2, 0) is 6.54 Å². The third-order valence-corrected chi connectivity index (χ3v) is 2.57. The maximum Gasteiger partial charge on any atom is 0.335 e. The number of rotatable bonds is 3. The number of amides is 1. The minimum atomic E-state index is -1.15. The monoisotopic (exact) mass is 256 g/mol. The molecule has 0 saturated carbocycles. The van der Waals surface area contributed by atoms with Gasteiger partial charge >= 0.3 is 5.97 Å².